The predicted octanol–water partition coefficient (Wildman–Crippen LogP) is 2.33. The molecule has 2 rings (SSSR count). The molecule has 1 saturated heterocycles. The van der Waals surface area contributed by atoms with Crippen molar-refractivity contribution in [2.45, 2.75) is 32.9 Å². The van der Waals surface area contributed by atoms with Gasteiger partial charge in [0.1, 0.15) is 0 Å². The minimum atomic E-state index is 0.676. The first-order valence-electron chi connectivity index (χ1n) is 5.91. The zero-order chi connectivity index (χ0) is 11.7. The molecule has 1 aromatic rings. The molecular formula is C12H20BrN3. The summed E-state index contributed by atoms with van der Waals surface area (Å²) in [7, 11) is 2.03. The lowest BCUT2D eigenvalue weighted by Crippen LogP contribution is -2.33. The molecule has 1 aliphatic heterocycles. The summed E-state index contributed by atoms with van der Waals surface area (Å²) in [5, 5.41) is 5.48. The maximum atomic E-state index is 4.40. The first kappa shape index (κ1) is 12.1. The van der Waals surface area contributed by atoms with Gasteiger partial charge in [0.2, 0.25) is 0 Å². The molecule has 3 nitrogen and oxygen atoms in total. The zero-order valence-electron chi connectivity index (χ0n) is 10.3. The maximum Gasteiger partial charge on any atom is 0.0597 e. The Kier molecular flexibility index (Phi) is 3.70. The first-order chi connectivity index (χ1) is 7.61. The van der Waals surface area contributed by atoms with Gasteiger partial charge in [-0.15, -0.1) is 0 Å². The summed E-state index contributed by atoms with van der Waals surface area (Å²) in [5.41, 5.74) is 2.43. The molecule has 0 saturated carbocycles. The van der Waals surface area contributed by atoms with E-state index < -0.39 is 0 Å². The van der Waals surface area contributed by atoms with E-state index in [2.05, 4.69) is 45.8 Å². The molecule has 0 N–H and O–H groups in total. The van der Waals surface area contributed by atoms with Crippen LogP contribution in [0.2, 0.25) is 0 Å². The Morgan fingerprint density at radius 3 is 2.88 bits per heavy atom. The van der Waals surface area contributed by atoms with E-state index in [0.29, 0.717) is 6.04 Å². The van der Waals surface area contributed by atoms with Gasteiger partial charge in [-0.25, -0.2) is 0 Å². The van der Waals surface area contributed by atoms with Crippen LogP contribution in [0.5, 0.6) is 0 Å². The number of rotatable bonds is 3. The van der Waals surface area contributed by atoms with E-state index >= 15 is 0 Å². The number of hydrogen-bond donors (Lipinski definition) is 0. The van der Waals surface area contributed by atoms with E-state index in [1.54, 1.807) is 0 Å². The molecule has 2 atom stereocenters. The molecule has 2 unspecified atom stereocenters. The third-order valence-electron chi connectivity index (χ3n) is 3.62. The smallest absolute Gasteiger partial charge is 0.0597 e. The molecule has 0 spiro atoms. The van der Waals surface area contributed by atoms with Gasteiger partial charge >= 0.3 is 0 Å². The van der Waals surface area contributed by atoms with Crippen molar-refractivity contribution in [2.75, 3.05) is 11.9 Å². The summed E-state index contributed by atoms with van der Waals surface area (Å²) in [5.74, 6) is 0.800. The Bertz CT molecular complexity index is 361. The monoisotopic (exact) mass is 285 g/mol. The number of aromatic nitrogens is 2. The van der Waals surface area contributed by atoms with Crippen molar-refractivity contribution in [3.05, 3.63) is 17.5 Å². The third-order valence-corrected chi connectivity index (χ3v) is 4.28. The Morgan fingerprint density at radius 1 is 1.56 bits per heavy atom. The van der Waals surface area contributed by atoms with Gasteiger partial charge in [0.05, 0.1) is 11.4 Å². The van der Waals surface area contributed by atoms with Crippen LogP contribution in [0, 0.1) is 12.8 Å². The highest BCUT2D eigenvalue weighted by molar-refractivity contribution is 9.09. The molecule has 0 amide bonds. The van der Waals surface area contributed by atoms with Crippen molar-refractivity contribution in [3.63, 3.8) is 0 Å². The standard InChI is InChI=1S/C12H20BrN3/c1-9-4-5-16(12(9)7-13)8-11-6-10(2)14-15(11)3/h6,9,12H,4-5,7-8H2,1-3H3. The average molecular weight is 286 g/mol. The van der Waals surface area contributed by atoms with Crippen LogP contribution in [0.15, 0.2) is 6.07 Å². The SMILES string of the molecule is Cc1cc(CN2CCC(C)C2CBr)n(C)n1. The van der Waals surface area contributed by atoms with Gasteiger partial charge in [0.25, 0.3) is 0 Å². The molecule has 0 aliphatic carbocycles. The highest BCUT2D eigenvalue weighted by Gasteiger charge is 2.30. The quantitative estimate of drug-likeness (QED) is 0.795. The number of aryl methyl sites for hydroxylation is 2. The lowest BCUT2D eigenvalue weighted by atomic mass is 10.1. The van der Waals surface area contributed by atoms with Crippen LogP contribution >= 0.6 is 15.9 Å². The summed E-state index contributed by atoms with van der Waals surface area (Å²) in [6.45, 7) is 6.64. The van der Waals surface area contributed by atoms with Gasteiger partial charge in [0, 0.05) is 25.0 Å². The molecule has 2 heterocycles. The van der Waals surface area contributed by atoms with Crippen LogP contribution in [-0.4, -0.2) is 32.6 Å². The summed E-state index contributed by atoms with van der Waals surface area (Å²) in [6.07, 6.45) is 1.31. The van der Waals surface area contributed by atoms with Gasteiger partial charge in [-0.3, -0.25) is 9.58 Å². The Morgan fingerprint density at radius 2 is 2.31 bits per heavy atom. The second-order valence-electron chi connectivity index (χ2n) is 4.86. The van der Waals surface area contributed by atoms with E-state index in [4.69, 9.17) is 0 Å². The largest absolute Gasteiger partial charge is 0.293 e. The number of halogens is 1. The lowest BCUT2D eigenvalue weighted by molar-refractivity contribution is 0.238. The van der Waals surface area contributed by atoms with E-state index in [-0.39, 0.29) is 0 Å². The fourth-order valence-corrected chi connectivity index (χ4v) is 3.60. The van der Waals surface area contributed by atoms with Crippen molar-refractivity contribution in [1.29, 1.82) is 0 Å². The van der Waals surface area contributed by atoms with Crippen LogP contribution in [0.25, 0.3) is 0 Å². The maximum absolute atomic E-state index is 4.40. The predicted molar refractivity (Wildman–Crippen MR) is 69.7 cm³/mol. The number of hydrogen-bond acceptors (Lipinski definition) is 2. The molecular weight excluding hydrogens is 266 g/mol. The third kappa shape index (κ3) is 2.33. The summed E-state index contributed by atoms with van der Waals surface area (Å²) < 4.78 is 2.00. The molecule has 4 heteroatoms. The molecule has 0 radical (unpaired) electrons. The molecule has 16 heavy (non-hydrogen) atoms. The molecule has 1 aliphatic rings. The molecule has 1 fully saturated rings. The summed E-state index contributed by atoms with van der Waals surface area (Å²) in [4.78, 5) is 2.57. The van der Waals surface area contributed by atoms with E-state index in [0.717, 1.165) is 23.5 Å². The van der Waals surface area contributed by atoms with Crippen LogP contribution in [0.3, 0.4) is 0 Å². The van der Waals surface area contributed by atoms with E-state index in [9.17, 15) is 0 Å². The van der Waals surface area contributed by atoms with Gasteiger partial charge in [-0.2, -0.15) is 5.10 Å². The minimum Gasteiger partial charge on any atom is -0.293 e. The molecule has 0 aromatic carbocycles. The van der Waals surface area contributed by atoms with Crippen LogP contribution in [0.1, 0.15) is 24.7 Å². The zero-order valence-corrected chi connectivity index (χ0v) is 11.9. The van der Waals surface area contributed by atoms with Gasteiger partial charge in [0.15, 0.2) is 0 Å². The highest BCUT2D eigenvalue weighted by atomic mass is 79.9. The van der Waals surface area contributed by atoms with Crippen LogP contribution < -0.4 is 0 Å². The van der Waals surface area contributed by atoms with Crippen molar-refractivity contribution < 1.29 is 0 Å². The number of likely N-dealkylation sites (tertiary alicyclic amines) is 1. The van der Waals surface area contributed by atoms with Crippen LogP contribution in [0.4, 0.5) is 0 Å². The second-order valence-corrected chi connectivity index (χ2v) is 5.51. The Balaban J connectivity index is 2.07. The van der Waals surface area contributed by atoms with Gasteiger partial charge in [-0.05, 0) is 31.9 Å². The minimum absolute atomic E-state index is 0.676. The fourth-order valence-electron chi connectivity index (χ4n) is 2.55. The fraction of sp³-hybridized carbons (Fsp3) is 0.750. The molecule has 1 aromatic heterocycles. The normalized spacial score (nSPS) is 26.5. The Labute approximate surface area is 106 Å². The van der Waals surface area contributed by atoms with Crippen molar-refractivity contribution >= 4 is 15.9 Å². The molecule has 90 valence electrons. The highest BCUT2D eigenvalue weighted by Crippen LogP contribution is 2.26. The Hall–Kier alpha value is -0.350. The van der Waals surface area contributed by atoms with Crippen LogP contribution in [-0.2, 0) is 13.6 Å². The lowest BCUT2D eigenvalue weighted by Gasteiger charge is -2.24. The van der Waals surface area contributed by atoms with E-state index in [1.165, 1.54) is 18.7 Å². The van der Waals surface area contributed by atoms with Crippen molar-refractivity contribution in [2.24, 2.45) is 13.0 Å². The van der Waals surface area contributed by atoms with E-state index in [1.807, 2.05) is 11.7 Å². The van der Waals surface area contributed by atoms with Gasteiger partial charge in [-0.1, -0.05) is 22.9 Å². The first-order valence-corrected chi connectivity index (χ1v) is 7.03. The van der Waals surface area contributed by atoms with Crippen molar-refractivity contribution in [3.8, 4) is 0 Å². The topological polar surface area (TPSA) is 21.1 Å². The molecule has 0 bridgehead atoms. The van der Waals surface area contributed by atoms with Gasteiger partial charge < -0.3 is 0 Å². The second kappa shape index (κ2) is 4.88. The summed E-state index contributed by atoms with van der Waals surface area (Å²) in [6, 6.07) is 2.86. The summed E-state index contributed by atoms with van der Waals surface area (Å²) >= 11 is 3.63. The number of nitrogens with zero attached hydrogens (tertiary/aromatic N) is 3. The average Bonchev–Trinajstić information content (AvgIpc) is 2.72. The number of alkyl halides is 1. The van der Waals surface area contributed by atoms with Crippen molar-refractivity contribution in [1.82, 2.24) is 14.7 Å².